The number of carbonyl (C=O) groups excluding carboxylic acids is 2. The highest BCUT2D eigenvalue weighted by atomic mass is 35.5. The van der Waals surface area contributed by atoms with Crippen LogP contribution in [-0.2, 0) is 27.3 Å². The fourth-order valence-electron chi connectivity index (χ4n) is 2.27. The van der Waals surface area contributed by atoms with Gasteiger partial charge < -0.3 is 10.5 Å². The lowest BCUT2D eigenvalue weighted by Crippen LogP contribution is -2.38. The van der Waals surface area contributed by atoms with Crippen molar-refractivity contribution < 1.29 is 14.3 Å². The molecule has 0 aliphatic heterocycles. The second-order valence-electron chi connectivity index (χ2n) is 6.99. The number of halogens is 3. The predicted molar refractivity (Wildman–Crippen MR) is 108 cm³/mol. The minimum atomic E-state index is -1.01. The fraction of sp³-hybridized carbons (Fsp3) is 0.471. The Morgan fingerprint density at radius 3 is 2.43 bits per heavy atom. The number of esters is 1. The van der Waals surface area contributed by atoms with Crippen molar-refractivity contribution >= 4 is 47.4 Å². The Kier molecular flexibility index (Phi) is 8.81. The van der Waals surface area contributed by atoms with Gasteiger partial charge >= 0.3 is 5.97 Å². The summed E-state index contributed by atoms with van der Waals surface area (Å²) in [7, 11) is 0. The number of rotatable bonds is 7. The number of ether oxygens (including phenoxy) is 1. The topological polar surface area (TPSA) is 113 Å². The van der Waals surface area contributed by atoms with Gasteiger partial charge in [-0.15, -0.1) is 17.5 Å². The lowest BCUT2D eigenvalue weighted by molar-refractivity contribution is -0.156. The highest BCUT2D eigenvalue weighted by Gasteiger charge is 2.24. The summed E-state index contributed by atoms with van der Waals surface area (Å²) in [4.78, 5) is 24.2. The van der Waals surface area contributed by atoms with Crippen LogP contribution in [0.15, 0.2) is 18.2 Å². The van der Waals surface area contributed by atoms with Gasteiger partial charge in [0.2, 0.25) is 0 Å². The molecule has 0 spiro atoms. The van der Waals surface area contributed by atoms with E-state index in [4.69, 9.17) is 33.7 Å². The zero-order valence-electron chi connectivity index (χ0n) is 15.7. The first-order valence-corrected chi connectivity index (χ1v) is 9.00. The zero-order valence-corrected chi connectivity index (χ0v) is 18.0. The number of benzene rings is 1. The molecule has 1 atom stereocenters. The van der Waals surface area contributed by atoms with Crippen LogP contribution in [0.25, 0.3) is 0 Å². The molecule has 0 amide bonds. The third-order valence-electron chi connectivity index (χ3n) is 3.53. The van der Waals surface area contributed by atoms with Gasteiger partial charge in [0.1, 0.15) is 12.1 Å². The molecule has 2 rings (SSSR count). The van der Waals surface area contributed by atoms with E-state index in [9.17, 15) is 9.59 Å². The maximum atomic E-state index is 12.3. The van der Waals surface area contributed by atoms with Crippen LogP contribution in [0.4, 0.5) is 0 Å². The molecule has 0 bridgehead atoms. The van der Waals surface area contributed by atoms with E-state index in [0.29, 0.717) is 21.4 Å². The van der Waals surface area contributed by atoms with E-state index in [1.807, 2.05) is 0 Å². The van der Waals surface area contributed by atoms with Crippen LogP contribution in [-0.4, -0.2) is 43.6 Å². The summed E-state index contributed by atoms with van der Waals surface area (Å²) < 4.78 is 6.49. The van der Waals surface area contributed by atoms with Crippen molar-refractivity contribution in [1.82, 2.24) is 20.2 Å². The second-order valence-corrected chi connectivity index (χ2v) is 7.81. The van der Waals surface area contributed by atoms with Crippen LogP contribution in [0.2, 0.25) is 10.0 Å². The maximum absolute atomic E-state index is 12.3. The Balaban J connectivity index is 0.00000392. The first-order chi connectivity index (χ1) is 12.6. The summed E-state index contributed by atoms with van der Waals surface area (Å²) in [5.41, 5.74) is 5.84. The van der Waals surface area contributed by atoms with Gasteiger partial charge in [-0.1, -0.05) is 29.3 Å². The summed E-state index contributed by atoms with van der Waals surface area (Å²) >= 11 is 12.3. The molecule has 154 valence electrons. The average Bonchev–Trinajstić information content (AvgIpc) is 2.96. The normalized spacial score (nSPS) is 12.2. The third kappa shape index (κ3) is 7.01. The fourth-order valence-corrected chi connectivity index (χ4v) is 2.80. The first kappa shape index (κ1) is 24.3. The van der Waals surface area contributed by atoms with Gasteiger partial charge in [0.05, 0.1) is 12.5 Å². The Hall–Kier alpha value is -1.74. The van der Waals surface area contributed by atoms with Gasteiger partial charge in [-0.3, -0.25) is 9.59 Å². The zero-order chi connectivity index (χ0) is 20.2. The molecule has 2 aromatic rings. The number of hydrogen-bond donors (Lipinski definition) is 1. The number of aromatic nitrogens is 4. The minimum absolute atomic E-state index is 0. The molecule has 8 nitrogen and oxygen atoms in total. The van der Waals surface area contributed by atoms with E-state index in [1.54, 1.807) is 39.0 Å². The van der Waals surface area contributed by atoms with E-state index in [2.05, 4.69) is 15.5 Å². The molecule has 1 aromatic carbocycles. The molecule has 0 radical (unpaired) electrons. The van der Waals surface area contributed by atoms with Crippen LogP contribution in [0.1, 0.15) is 38.6 Å². The van der Waals surface area contributed by atoms with Gasteiger partial charge in [0, 0.05) is 16.5 Å². The average molecular weight is 451 g/mol. The molecule has 0 saturated carbocycles. The number of carbonyl (C=O) groups is 2. The number of nitrogens with zero attached hydrogens (tertiary/aromatic N) is 4. The lowest BCUT2D eigenvalue weighted by Gasteiger charge is -2.20. The first-order valence-electron chi connectivity index (χ1n) is 8.25. The smallest absolute Gasteiger partial charge is 0.308 e. The van der Waals surface area contributed by atoms with Crippen LogP contribution >= 0.6 is 35.6 Å². The highest BCUT2D eigenvalue weighted by Crippen LogP contribution is 2.26. The molecule has 1 unspecified atom stereocenters. The number of nitrogens with two attached hydrogens (primary N) is 1. The summed E-state index contributed by atoms with van der Waals surface area (Å²) in [5, 5.41) is 12.3. The van der Waals surface area contributed by atoms with Crippen LogP contribution < -0.4 is 5.73 Å². The molecule has 28 heavy (non-hydrogen) atoms. The van der Waals surface area contributed by atoms with E-state index in [-0.39, 0.29) is 37.6 Å². The lowest BCUT2D eigenvalue weighted by atomic mass is 10.1. The summed E-state index contributed by atoms with van der Waals surface area (Å²) in [6.45, 7) is 5.05. The van der Waals surface area contributed by atoms with Crippen molar-refractivity contribution in [3.63, 3.8) is 0 Å². The molecular formula is C17H22Cl3N5O3. The molecule has 1 heterocycles. The number of Topliss-reactive ketones (excluding diaryl/α,β-unsaturated/α-hetero) is 1. The van der Waals surface area contributed by atoms with Crippen molar-refractivity contribution in [2.24, 2.45) is 5.73 Å². The van der Waals surface area contributed by atoms with Gasteiger partial charge in [-0.05, 0) is 48.9 Å². The molecular weight excluding hydrogens is 429 g/mol. The van der Waals surface area contributed by atoms with Gasteiger partial charge in [0.25, 0.3) is 0 Å². The van der Waals surface area contributed by atoms with Crippen molar-refractivity contribution in [1.29, 1.82) is 0 Å². The Labute approximate surface area is 179 Å². The molecule has 0 saturated heterocycles. The monoisotopic (exact) mass is 449 g/mol. The van der Waals surface area contributed by atoms with Crippen molar-refractivity contribution in [3.05, 3.63) is 39.6 Å². The van der Waals surface area contributed by atoms with Crippen molar-refractivity contribution in [2.75, 3.05) is 0 Å². The summed E-state index contributed by atoms with van der Waals surface area (Å²) in [6.07, 6.45) is 0.0317. The van der Waals surface area contributed by atoms with E-state index >= 15 is 0 Å². The van der Waals surface area contributed by atoms with Gasteiger partial charge in [-0.2, -0.15) is 0 Å². The predicted octanol–water partition coefficient (Wildman–Crippen LogP) is 2.62. The quantitative estimate of drug-likeness (QED) is 0.645. The molecule has 11 heteroatoms. The Bertz CT molecular complexity index is 815. The number of tetrazole rings is 1. The Morgan fingerprint density at radius 2 is 1.86 bits per heavy atom. The summed E-state index contributed by atoms with van der Waals surface area (Å²) in [5.74, 6) is -0.523. The largest absolute Gasteiger partial charge is 0.460 e. The second kappa shape index (κ2) is 10.2. The SMILES string of the molecule is CC(C)(C)OC(=O)CC(N)C(=O)Cn1nnnc1Cc1c(Cl)cccc1Cl.Cl. The standard InChI is InChI=1S/C17H21Cl2N5O3.ClH/c1-17(2,3)27-16(26)8-13(20)14(25)9-24-15(21-22-23-24)7-10-11(18)5-4-6-12(10)19;/h4-6,13H,7-9,20H2,1-3H3;1H. The van der Waals surface area contributed by atoms with Gasteiger partial charge in [0.15, 0.2) is 11.6 Å². The maximum Gasteiger partial charge on any atom is 0.308 e. The molecule has 0 aliphatic carbocycles. The van der Waals surface area contributed by atoms with E-state index in [0.717, 1.165) is 0 Å². The summed E-state index contributed by atoms with van der Waals surface area (Å²) in [6, 6.07) is 4.13. The number of ketones is 1. The van der Waals surface area contributed by atoms with Crippen molar-refractivity contribution in [2.45, 2.75) is 51.8 Å². The Morgan fingerprint density at radius 1 is 1.25 bits per heavy atom. The molecule has 2 N–H and O–H groups in total. The van der Waals surface area contributed by atoms with E-state index in [1.165, 1.54) is 4.68 Å². The molecule has 0 aliphatic rings. The molecule has 0 fully saturated rings. The molecule has 1 aromatic heterocycles. The van der Waals surface area contributed by atoms with Crippen LogP contribution in [0.3, 0.4) is 0 Å². The van der Waals surface area contributed by atoms with Crippen LogP contribution in [0.5, 0.6) is 0 Å². The van der Waals surface area contributed by atoms with Crippen LogP contribution in [0, 0.1) is 0 Å². The minimum Gasteiger partial charge on any atom is -0.460 e. The highest BCUT2D eigenvalue weighted by molar-refractivity contribution is 6.36. The van der Waals surface area contributed by atoms with Gasteiger partial charge in [-0.25, -0.2) is 4.68 Å². The van der Waals surface area contributed by atoms with Crippen molar-refractivity contribution in [3.8, 4) is 0 Å². The third-order valence-corrected chi connectivity index (χ3v) is 4.24. The van der Waals surface area contributed by atoms with E-state index < -0.39 is 17.6 Å². The number of hydrogen-bond acceptors (Lipinski definition) is 7.